The number of benzene rings is 1. The Hall–Kier alpha value is -2.54. The van der Waals surface area contributed by atoms with Crippen LogP contribution < -0.4 is 10.9 Å². The lowest BCUT2D eigenvalue weighted by Crippen LogP contribution is -2.51. The zero-order valence-corrected chi connectivity index (χ0v) is 12.7. The van der Waals surface area contributed by atoms with Crippen molar-refractivity contribution in [2.24, 2.45) is 0 Å². The summed E-state index contributed by atoms with van der Waals surface area (Å²) in [5, 5.41) is 7.41. The van der Waals surface area contributed by atoms with Crippen molar-refractivity contribution >= 4 is 5.91 Å². The maximum atomic E-state index is 13.0. The molecule has 1 saturated heterocycles. The van der Waals surface area contributed by atoms with Crippen LogP contribution in [0.25, 0.3) is 5.69 Å². The van der Waals surface area contributed by atoms with Crippen molar-refractivity contribution < 1.29 is 9.18 Å². The van der Waals surface area contributed by atoms with E-state index in [0.717, 1.165) is 11.2 Å². The summed E-state index contributed by atoms with van der Waals surface area (Å²) in [7, 11) is 0. The van der Waals surface area contributed by atoms with Gasteiger partial charge >= 0.3 is 0 Å². The Labute approximate surface area is 132 Å². The molecule has 3 rings (SSSR count). The number of rotatable bonds is 2. The Kier molecular flexibility index (Phi) is 4.20. The number of hydrogen-bond acceptors (Lipinski definition) is 4. The summed E-state index contributed by atoms with van der Waals surface area (Å²) in [6.07, 6.45) is 0. The molecule has 2 heterocycles. The minimum absolute atomic E-state index is 0.197. The van der Waals surface area contributed by atoms with Crippen LogP contribution >= 0.6 is 0 Å². The molecule has 7 heteroatoms. The lowest BCUT2D eigenvalue weighted by atomic mass is 10.2. The third-order valence-electron chi connectivity index (χ3n) is 3.75. The summed E-state index contributed by atoms with van der Waals surface area (Å²) < 4.78 is 14.1. The third-order valence-corrected chi connectivity index (χ3v) is 3.75. The van der Waals surface area contributed by atoms with Crippen LogP contribution in [0.15, 0.2) is 41.2 Å². The molecule has 2 aromatic rings. The fourth-order valence-corrected chi connectivity index (χ4v) is 2.57. The molecule has 0 aliphatic carbocycles. The molecule has 1 amide bonds. The van der Waals surface area contributed by atoms with Gasteiger partial charge in [-0.05, 0) is 37.3 Å². The minimum atomic E-state index is -0.399. The maximum Gasteiger partial charge on any atom is 0.274 e. The van der Waals surface area contributed by atoms with Gasteiger partial charge in [0.1, 0.15) is 11.5 Å². The average Bonchev–Trinajstić information content (AvgIpc) is 2.55. The summed E-state index contributed by atoms with van der Waals surface area (Å²) in [6, 6.07) is 8.34. The first-order valence-electron chi connectivity index (χ1n) is 7.43. The third kappa shape index (κ3) is 3.29. The van der Waals surface area contributed by atoms with Gasteiger partial charge in [-0.3, -0.25) is 9.59 Å². The summed E-state index contributed by atoms with van der Waals surface area (Å²) >= 11 is 0. The van der Waals surface area contributed by atoms with Gasteiger partial charge in [-0.25, -0.2) is 4.39 Å². The van der Waals surface area contributed by atoms with Crippen LogP contribution in [0.4, 0.5) is 4.39 Å². The van der Waals surface area contributed by atoms with Crippen molar-refractivity contribution in [1.82, 2.24) is 20.0 Å². The fourth-order valence-electron chi connectivity index (χ4n) is 2.57. The molecule has 0 saturated carbocycles. The Morgan fingerprint density at radius 1 is 1.26 bits per heavy atom. The van der Waals surface area contributed by atoms with E-state index in [4.69, 9.17) is 0 Å². The molecule has 6 nitrogen and oxygen atoms in total. The summed E-state index contributed by atoms with van der Waals surface area (Å²) in [5.74, 6) is -0.613. The zero-order chi connectivity index (χ0) is 16.4. The molecule has 1 aliphatic rings. The van der Waals surface area contributed by atoms with Gasteiger partial charge in [-0.2, -0.15) is 9.78 Å². The van der Waals surface area contributed by atoms with Crippen LogP contribution in [0.2, 0.25) is 0 Å². The average molecular weight is 316 g/mol. The molecule has 1 fully saturated rings. The van der Waals surface area contributed by atoms with Gasteiger partial charge in [0.2, 0.25) is 0 Å². The number of carbonyl (C=O) groups is 1. The number of nitrogens with zero attached hydrogens (tertiary/aromatic N) is 3. The molecule has 1 N–H and O–H groups in total. The Morgan fingerprint density at radius 2 is 2.00 bits per heavy atom. The van der Waals surface area contributed by atoms with Crippen molar-refractivity contribution in [3.8, 4) is 5.69 Å². The van der Waals surface area contributed by atoms with Gasteiger partial charge in [-0.15, -0.1) is 0 Å². The molecule has 1 aliphatic heterocycles. The van der Waals surface area contributed by atoms with Crippen LogP contribution in [0.3, 0.4) is 0 Å². The Morgan fingerprint density at radius 3 is 2.70 bits per heavy atom. The van der Waals surface area contributed by atoms with E-state index in [1.165, 1.54) is 36.4 Å². The van der Waals surface area contributed by atoms with Crippen LogP contribution in [0.5, 0.6) is 0 Å². The first-order valence-corrected chi connectivity index (χ1v) is 7.43. The molecule has 0 radical (unpaired) electrons. The predicted octanol–water partition coefficient (Wildman–Crippen LogP) is 0.806. The van der Waals surface area contributed by atoms with Crippen molar-refractivity contribution in [2.45, 2.75) is 13.0 Å². The highest BCUT2D eigenvalue weighted by Gasteiger charge is 2.23. The molecule has 0 spiro atoms. The first kappa shape index (κ1) is 15.4. The quantitative estimate of drug-likeness (QED) is 0.890. The molecule has 1 aromatic heterocycles. The van der Waals surface area contributed by atoms with Gasteiger partial charge < -0.3 is 10.2 Å². The molecular weight excluding hydrogens is 299 g/mol. The molecule has 1 atom stereocenters. The fraction of sp³-hybridized carbons (Fsp3) is 0.312. The lowest BCUT2D eigenvalue weighted by Gasteiger charge is -2.31. The number of halogens is 1. The van der Waals surface area contributed by atoms with Crippen LogP contribution in [0, 0.1) is 5.82 Å². The summed E-state index contributed by atoms with van der Waals surface area (Å²) in [6.45, 7) is 3.92. The second-order valence-corrected chi connectivity index (χ2v) is 5.55. The number of aromatic nitrogens is 2. The van der Waals surface area contributed by atoms with E-state index in [0.29, 0.717) is 18.8 Å². The highest BCUT2D eigenvalue weighted by atomic mass is 19.1. The Balaban J connectivity index is 1.92. The van der Waals surface area contributed by atoms with Crippen LogP contribution in [-0.2, 0) is 0 Å². The zero-order valence-electron chi connectivity index (χ0n) is 12.7. The van der Waals surface area contributed by atoms with E-state index >= 15 is 0 Å². The number of piperazine rings is 1. The number of amides is 1. The van der Waals surface area contributed by atoms with Gasteiger partial charge in [0.15, 0.2) is 0 Å². The molecule has 23 heavy (non-hydrogen) atoms. The molecule has 1 aromatic carbocycles. The number of hydrogen-bond donors (Lipinski definition) is 1. The van der Waals surface area contributed by atoms with E-state index < -0.39 is 5.82 Å². The van der Waals surface area contributed by atoms with Crippen molar-refractivity contribution in [3.05, 3.63) is 58.3 Å². The molecular formula is C16H17FN4O2. The summed E-state index contributed by atoms with van der Waals surface area (Å²) in [5.41, 5.74) is 0.240. The van der Waals surface area contributed by atoms with Crippen LogP contribution in [0.1, 0.15) is 17.4 Å². The topological polar surface area (TPSA) is 67.2 Å². The van der Waals surface area contributed by atoms with E-state index in [1.807, 2.05) is 6.92 Å². The smallest absolute Gasteiger partial charge is 0.274 e. The lowest BCUT2D eigenvalue weighted by molar-refractivity contribution is 0.0701. The van der Waals surface area contributed by atoms with E-state index in [-0.39, 0.29) is 23.2 Å². The van der Waals surface area contributed by atoms with Crippen molar-refractivity contribution in [1.29, 1.82) is 0 Å². The maximum absolute atomic E-state index is 13.0. The molecule has 0 bridgehead atoms. The standard InChI is InChI=1S/C16H17FN4O2/c1-11-10-20(9-8-18-11)16(23)14-6-7-15(22)21(19-14)13-4-2-12(17)3-5-13/h2-7,11,18H,8-10H2,1H3/t11-/m1/s1. The second kappa shape index (κ2) is 6.29. The van der Waals surface area contributed by atoms with Gasteiger partial charge in [-0.1, -0.05) is 0 Å². The summed E-state index contributed by atoms with van der Waals surface area (Å²) in [4.78, 5) is 26.2. The highest BCUT2D eigenvalue weighted by molar-refractivity contribution is 5.92. The monoisotopic (exact) mass is 316 g/mol. The molecule has 0 unspecified atom stereocenters. The largest absolute Gasteiger partial charge is 0.334 e. The predicted molar refractivity (Wildman–Crippen MR) is 83.2 cm³/mol. The van der Waals surface area contributed by atoms with Gasteiger partial charge in [0, 0.05) is 31.7 Å². The SMILES string of the molecule is C[C@@H]1CN(C(=O)c2ccc(=O)n(-c3ccc(F)cc3)n2)CCN1. The van der Waals surface area contributed by atoms with Gasteiger partial charge in [0.05, 0.1) is 5.69 Å². The number of nitrogens with one attached hydrogen (secondary N) is 1. The van der Waals surface area contributed by atoms with E-state index in [1.54, 1.807) is 4.90 Å². The first-order chi connectivity index (χ1) is 11.0. The van der Waals surface area contributed by atoms with Crippen molar-refractivity contribution in [2.75, 3.05) is 19.6 Å². The van der Waals surface area contributed by atoms with Crippen molar-refractivity contribution in [3.63, 3.8) is 0 Å². The number of carbonyl (C=O) groups excluding carboxylic acids is 1. The minimum Gasteiger partial charge on any atom is -0.334 e. The molecule has 120 valence electrons. The van der Waals surface area contributed by atoms with E-state index in [9.17, 15) is 14.0 Å². The Bertz CT molecular complexity index is 772. The van der Waals surface area contributed by atoms with E-state index in [2.05, 4.69) is 10.4 Å². The normalized spacial score (nSPS) is 18.0. The van der Waals surface area contributed by atoms with Crippen LogP contribution in [-0.4, -0.2) is 46.3 Å². The second-order valence-electron chi connectivity index (χ2n) is 5.55. The van der Waals surface area contributed by atoms with Gasteiger partial charge in [0.25, 0.3) is 11.5 Å². The highest BCUT2D eigenvalue weighted by Crippen LogP contribution is 2.08.